The highest BCUT2D eigenvalue weighted by Crippen LogP contribution is 2.31. The van der Waals surface area contributed by atoms with E-state index in [4.69, 9.17) is 15.0 Å². The van der Waals surface area contributed by atoms with Crippen molar-refractivity contribution in [2.24, 2.45) is 0 Å². The van der Waals surface area contributed by atoms with Gasteiger partial charge < -0.3 is 14.7 Å². The van der Waals surface area contributed by atoms with Gasteiger partial charge in [-0.15, -0.1) is 11.3 Å². The summed E-state index contributed by atoms with van der Waals surface area (Å²) < 4.78 is 6.92. The molecule has 2 heterocycles. The van der Waals surface area contributed by atoms with Crippen LogP contribution in [0.3, 0.4) is 0 Å². The second-order valence-electron chi connectivity index (χ2n) is 7.35. The van der Waals surface area contributed by atoms with E-state index in [1.807, 2.05) is 17.4 Å². The summed E-state index contributed by atoms with van der Waals surface area (Å²) in [5.41, 5.74) is 1.71. The number of nitriles is 1. The molecule has 1 atom stereocenters. The zero-order valence-electron chi connectivity index (χ0n) is 15.7. The van der Waals surface area contributed by atoms with Gasteiger partial charge in [0.25, 0.3) is 0 Å². The van der Waals surface area contributed by atoms with E-state index in [9.17, 15) is 5.11 Å². The number of nitrogens with one attached hydrogen (secondary N) is 1. The van der Waals surface area contributed by atoms with Gasteiger partial charge in [0.2, 0.25) is 0 Å². The van der Waals surface area contributed by atoms with Gasteiger partial charge in [-0.1, -0.05) is 12.1 Å². The van der Waals surface area contributed by atoms with Gasteiger partial charge in [0.1, 0.15) is 25.0 Å². The number of aliphatic hydroxyl groups excluding tert-OH is 1. The molecule has 1 aliphatic rings. The van der Waals surface area contributed by atoms with Crippen molar-refractivity contribution in [3.8, 4) is 11.8 Å². The van der Waals surface area contributed by atoms with E-state index in [1.54, 1.807) is 24.3 Å². The van der Waals surface area contributed by atoms with Crippen molar-refractivity contribution in [3.63, 3.8) is 0 Å². The molecule has 0 radical (unpaired) electrons. The van der Waals surface area contributed by atoms with Crippen LogP contribution in [0.5, 0.6) is 5.75 Å². The Hall–Kier alpha value is -2.46. The fraction of sp³-hybridized carbons (Fsp3) is 0.364. The number of hydrogen-bond donors (Lipinski definition) is 2. The lowest BCUT2D eigenvalue weighted by Gasteiger charge is -2.29. The molecule has 1 saturated heterocycles. The van der Waals surface area contributed by atoms with Crippen LogP contribution < -0.4 is 9.64 Å². The standard InChI is InChI=1S/C22H23N3O2S/c23-13-16-5-7-19(8-6-16)27-15-18(26)14-25-11-9-17(10-12-25)22-24-20-3-1-2-4-21(20)28-22/h1-8,17-18,26H,9-12,14-15H2/p+1/t18-/m0/s1. The molecule has 0 aliphatic carbocycles. The van der Waals surface area contributed by atoms with Gasteiger partial charge in [-0.25, -0.2) is 4.98 Å². The number of thiazole rings is 1. The molecule has 0 spiro atoms. The van der Waals surface area contributed by atoms with Gasteiger partial charge >= 0.3 is 0 Å². The first-order chi connectivity index (χ1) is 13.7. The highest BCUT2D eigenvalue weighted by Gasteiger charge is 2.27. The molecule has 6 heteroatoms. The third-order valence-electron chi connectivity index (χ3n) is 5.30. The molecular formula is C22H24N3O2S+. The molecule has 1 aliphatic heterocycles. The molecule has 4 rings (SSSR count). The van der Waals surface area contributed by atoms with Crippen LogP contribution in [0.2, 0.25) is 0 Å². The number of para-hydroxylation sites is 1. The van der Waals surface area contributed by atoms with Gasteiger partial charge in [0.15, 0.2) is 0 Å². The molecule has 2 N–H and O–H groups in total. The molecular weight excluding hydrogens is 370 g/mol. The second-order valence-corrected chi connectivity index (χ2v) is 8.41. The van der Waals surface area contributed by atoms with Crippen LogP contribution in [-0.4, -0.2) is 42.4 Å². The maximum Gasteiger partial charge on any atom is 0.137 e. The van der Waals surface area contributed by atoms with E-state index in [2.05, 4.69) is 24.3 Å². The number of piperidine rings is 1. The van der Waals surface area contributed by atoms with E-state index < -0.39 is 6.10 Å². The second kappa shape index (κ2) is 8.70. The molecule has 5 nitrogen and oxygen atoms in total. The summed E-state index contributed by atoms with van der Waals surface area (Å²) in [6, 6.07) is 17.4. The molecule has 1 fully saturated rings. The molecule has 3 aromatic rings. The molecule has 2 aromatic carbocycles. The Bertz CT molecular complexity index is 923. The van der Waals surface area contributed by atoms with Gasteiger partial charge in [-0.05, 0) is 36.4 Å². The van der Waals surface area contributed by atoms with Gasteiger partial charge in [0.05, 0.1) is 39.9 Å². The first kappa shape index (κ1) is 18.9. The van der Waals surface area contributed by atoms with E-state index in [0.717, 1.165) is 31.4 Å². The Morgan fingerprint density at radius 1 is 1.18 bits per heavy atom. The van der Waals surface area contributed by atoms with E-state index in [0.29, 0.717) is 23.8 Å². The number of aromatic nitrogens is 1. The minimum absolute atomic E-state index is 0.275. The number of hydrogen-bond acceptors (Lipinski definition) is 5. The molecule has 0 saturated carbocycles. The largest absolute Gasteiger partial charge is 0.491 e. The summed E-state index contributed by atoms with van der Waals surface area (Å²) in [4.78, 5) is 6.24. The lowest BCUT2D eigenvalue weighted by Crippen LogP contribution is -3.14. The van der Waals surface area contributed by atoms with Crippen LogP contribution in [0.4, 0.5) is 0 Å². The maximum absolute atomic E-state index is 10.3. The van der Waals surface area contributed by atoms with Crippen LogP contribution in [0.25, 0.3) is 10.2 Å². The first-order valence-electron chi connectivity index (χ1n) is 9.71. The smallest absolute Gasteiger partial charge is 0.137 e. The Morgan fingerprint density at radius 2 is 1.93 bits per heavy atom. The van der Waals surface area contributed by atoms with Crippen LogP contribution in [-0.2, 0) is 0 Å². The summed E-state index contributed by atoms with van der Waals surface area (Å²) >= 11 is 1.82. The van der Waals surface area contributed by atoms with Gasteiger partial charge in [0, 0.05) is 18.8 Å². The van der Waals surface area contributed by atoms with Crippen molar-refractivity contribution >= 4 is 21.6 Å². The molecule has 0 unspecified atom stereocenters. The third kappa shape index (κ3) is 4.50. The highest BCUT2D eigenvalue weighted by atomic mass is 32.1. The summed E-state index contributed by atoms with van der Waals surface area (Å²) in [6.07, 6.45) is 1.72. The van der Waals surface area contributed by atoms with Crippen molar-refractivity contribution in [1.29, 1.82) is 5.26 Å². The SMILES string of the molecule is N#Cc1ccc(OC[C@@H](O)C[NH+]2CCC(c3nc4ccccc4s3)CC2)cc1. The predicted octanol–water partition coefficient (Wildman–Crippen LogP) is 2.37. The van der Waals surface area contributed by atoms with E-state index >= 15 is 0 Å². The number of likely N-dealkylation sites (tertiary alicyclic amines) is 1. The number of ether oxygens (including phenoxy) is 1. The lowest BCUT2D eigenvalue weighted by atomic mass is 9.97. The van der Waals surface area contributed by atoms with E-state index in [1.165, 1.54) is 14.6 Å². The molecule has 0 bridgehead atoms. The minimum Gasteiger partial charge on any atom is -0.491 e. The van der Waals surface area contributed by atoms with Crippen LogP contribution >= 0.6 is 11.3 Å². The van der Waals surface area contributed by atoms with E-state index in [-0.39, 0.29) is 6.61 Å². The average molecular weight is 395 g/mol. The Kier molecular flexibility index (Phi) is 5.87. The highest BCUT2D eigenvalue weighted by molar-refractivity contribution is 7.18. The Morgan fingerprint density at radius 3 is 2.64 bits per heavy atom. The number of quaternary nitrogens is 1. The fourth-order valence-electron chi connectivity index (χ4n) is 3.75. The van der Waals surface area contributed by atoms with Crippen molar-refractivity contribution in [1.82, 2.24) is 4.98 Å². The van der Waals surface area contributed by atoms with Crippen molar-refractivity contribution < 1.29 is 14.7 Å². The summed E-state index contributed by atoms with van der Waals surface area (Å²) in [7, 11) is 0. The molecule has 144 valence electrons. The normalized spacial score (nSPS) is 20.6. The van der Waals surface area contributed by atoms with Crippen LogP contribution in [0.1, 0.15) is 29.3 Å². The van der Waals surface area contributed by atoms with Crippen molar-refractivity contribution in [3.05, 3.63) is 59.1 Å². The number of aliphatic hydroxyl groups is 1. The monoisotopic (exact) mass is 394 g/mol. The number of benzene rings is 2. The number of fused-ring (bicyclic) bond motifs is 1. The number of nitrogens with zero attached hydrogens (tertiary/aromatic N) is 2. The molecule has 0 amide bonds. The van der Waals surface area contributed by atoms with Gasteiger partial charge in [-0.3, -0.25) is 0 Å². The Labute approximate surface area is 168 Å². The Balaban J connectivity index is 1.24. The number of rotatable bonds is 6. The zero-order valence-corrected chi connectivity index (χ0v) is 16.5. The topological polar surface area (TPSA) is 70.6 Å². The summed E-state index contributed by atoms with van der Waals surface area (Å²) in [6.45, 7) is 3.07. The summed E-state index contributed by atoms with van der Waals surface area (Å²) in [5, 5.41) is 20.4. The maximum atomic E-state index is 10.3. The fourth-order valence-corrected chi connectivity index (χ4v) is 4.89. The van der Waals surface area contributed by atoms with Crippen molar-refractivity contribution in [2.75, 3.05) is 26.2 Å². The molecule has 28 heavy (non-hydrogen) atoms. The average Bonchev–Trinajstić information content (AvgIpc) is 3.17. The minimum atomic E-state index is -0.496. The predicted molar refractivity (Wildman–Crippen MR) is 110 cm³/mol. The zero-order chi connectivity index (χ0) is 19.3. The quantitative estimate of drug-likeness (QED) is 0.673. The van der Waals surface area contributed by atoms with Crippen LogP contribution in [0.15, 0.2) is 48.5 Å². The third-order valence-corrected chi connectivity index (χ3v) is 6.50. The van der Waals surface area contributed by atoms with Crippen LogP contribution in [0, 0.1) is 11.3 Å². The lowest BCUT2D eigenvalue weighted by molar-refractivity contribution is -0.908. The first-order valence-corrected chi connectivity index (χ1v) is 10.5. The molecule has 1 aromatic heterocycles. The summed E-state index contributed by atoms with van der Waals surface area (Å²) in [5.74, 6) is 1.22. The van der Waals surface area contributed by atoms with Gasteiger partial charge in [-0.2, -0.15) is 5.26 Å². The van der Waals surface area contributed by atoms with Crippen molar-refractivity contribution in [2.45, 2.75) is 24.9 Å².